The maximum atomic E-state index is 12.5. The van der Waals surface area contributed by atoms with Crippen molar-refractivity contribution in [1.29, 1.82) is 0 Å². The number of piperidine rings is 1. The number of carbonyl (C=O) groups excluding carboxylic acids is 1. The number of hydrogen-bond donors (Lipinski definition) is 1. The Morgan fingerprint density at radius 2 is 1.87 bits per heavy atom. The number of rotatable bonds is 8. The van der Waals surface area contributed by atoms with E-state index < -0.39 is 10.0 Å². The number of amides is 1. The first-order valence-electron chi connectivity index (χ1n) is 10.4. The van der Waals surface area contributed by atoms with E-state index in [1.54, 1.807) is 30.5 Å². The molecule has 168 valence electrons. The minimum atomic E-state index is -3.43. The Morgan fingerprint density at radius 3 is 2.48 bits per heavy atom. The van der Waals surface area contributed by atoms with Crippen LogP contribution in [0.25, 0.3) is 0 Å². The van der Waals surface area contributed by atoms with Crippen LogP contribution in [-0.4, -0.2) is 68.9 Å². The summed E-state index contributed by atoms with van der Waals surface area (Å²) in [5, 5.41) is 2.91. The summed E-state index contributed by atoms with van der Waals surface area (Å²) in [6.07, 6.45) is 3.30. The second-order valence-corrected chi connectivity index (χ2v) is 10.1. The average molecular weight is 447 g/mol. The lowest BCUT2D eigenvalue weighted by Gasteiger charge is -2.31. The molecule has 1 amide bonds. The molecule has 2 heterocycles. The lowest BCUT2D eigenvalue weighted by atomic mass is 9.96. The third kappa shape index (κ3) is 6.25. The van der Waals surface area contributed by atoms with Crippen molar-refractivity contribution in [3.63, 3.8) is 0 Å². The van der Waals surface area contributed by atoms with Crippen LogP contribution >= 0.6 is 0 Å². The van der Waals surface area contributed by atoms with Gasteiger partial charge in [-0.1, -0.05) is 0 Å². The summed E-state index contributed by atoms with van der Waals surface area (Å²) in [7, 11) is -0.421. The second-order valence-electron chi connectivity index (χ2n) is 7.93. The van der Waals surface area contributed by atoms with Crippen LogP contribution in [0.3, 0.4) is 0 Å². The van der Waals surface area contributed by atoms with Gasteiger partial charge in [-0.2, -0.15) is 0 Å². The Morgan fingerprint density at radius 1 is 1.19 bits per heavy atom. The molecule has 1 saturated heterocycles. The molecule has 1 aromatic carbocycles. The molecule has 0 saturated carbocycles. The van der Waals surface area contributed by atoms with Crippen LogP contribution < -0.4 is 10.1 Å². The van der Waals surface area contributed by atoms with E-state index in [2.05, 4.69) is 15.2 Å². The van der Waals surface area contributed by atoms with Crippen molar-refractivity contribution in [1.82, 2.24) is 14.2 Å². The fourth-order valence-corrected chi connectivity index (χ4v) is 4.36. The van der Waals surface area contributed by atoms with Crippen molar-refractivity contribution in [2.24, 2.45) is 5.92 Å². The summed E-state index contributed by atoms with van der Waals surface area (Å²) < 4.78 is 31.2. The lowest BCUT2D eigenvalue weighted by molar-refractivity contribution is -0.121. The summed E-state index contributed by atoms with van der Waals surface area (Å²) in [5.74, 6) is 1.26. The highest BCUT2D eigenvalue weighted by Crippen LogP contribution is 2.20. The Hall–Kier alpha value is -2.49. The number of sulfonamides is 1. The molecule has 8 nitrogen and oxygen atoms in total. The van der Waals surface area contributed by atoms with Gasteiger partial charge in [-0.3, -0.25) is 9.69 Å². The average Bonchev–Trinajstić information content (AvgIpc) is 2.74. The first-order valence-corrected chi connectivity index (χ1v) is 11.8. The van der Waals surface area contributed by atoms with Crippen LogP contribution in [0.1, 0.15) is 18.4 Å². The van der Waals surface area contributed by atoms with Crippen molar-refractivity contribution >= 4 is 21.7 Å². The van der Waals surface area contributed by atoms with Gasteiger partial charge in [0.05, 0.1) is 4.90 Å². The molecular formula is C22H30N4O4S. The quantitative estimate of drug-likeness (QED) is 0.669. The largest absolute Gasteiger partial charge is 0.492 e. The van der Waals surface area contributed by atoms with Gasteiger partial charge in [-0.25, -0.2) is 17.7 Å². The van der Waals surface area contributed by atoms with Crippen molar-refractivity contribution in [2.75, 3.05) is 45.7 Å². The maximum absolute atomic E-state index is 12.5. The Bertz CT molecular complexity index is 985. The van der Waals surface area contributed by atoms with Gasteiger partial charge in [0.2, 0.25) is 15.9 Å². The van der Waals surface area contributed by atoms with E-state index in [1.807, 2.05) is 19.1 Å². The molecule has 2 aromatic rings. The number of likely N-dealkylation sites (tertiary alicyclic amines) is 1. The molecule has 31 heavy (non-hydrogen) atoms. The number of ether oxygens (including phenoxy) is 1. The number of anilines is 1. The van der Waals surface area contributed by atoms with Gasteiger partial charge in [0.25, 0.3) is 0 Å². The van der Waals surface area contributed by atoms with Crippen molar-refractivity contribution < 1.29 is 17.9 Å². The number of nitrogens with one attached hydrogen (secondary N) is 1. The van der Waals surface area contributed by atoms with E-state index in [-0.39, 0.29) is 16.7 Å². The molecule has 1 N–H and O–H groups in total. The first-order chi connectivity index (χ1) is 14.8. The fourth-order valence-electron chi connectivity index (χ4n) is 3.46. The highest BCUT2D eigenvalue weighted by molar-refractivity contribution is 7.89. The number of nitrogens with zero attached hydrogens (tertiary/aromatic N) is 3. The Balaban J connectivity index is 1.40. The van der Waals surface area contributed by atoms with E-state index >= 15 is 0 Å². The predicted molar refractivity (Wildman–Crippen MR) is 120 cm³/mol. The van der Waals surface area contributed by atoms with Crippen LogP contribution in [0.4, 0.5) is 5.82 Å². The molecule has 9 heteroatoms. The number of aryl methyl sites for hydroxylation is 1. The molecule has 1 aliphatic rings. The fraction of sp³-hybridized carbons (Fsp3) is 0.455. The molecule has 0 atom stereocenters. The standard InChI is InChI=1S/C22H30N4O4S/c1-17-8-11-23-21(16-17)24-22(27)18-9-12-26(13-10-18)14-15-30-19-4-6-20(7-5-19)31(28,29)25(2)3/h4-8,11,16,18H,9-10,12-15H2,1-3H3,(H,23,24,27). The molecule has 1 aromatic heterocycles. The van der Waals surface area contributed by atoms with Crippen LogP contribution in [0.15, 0.2) is 47.5 Å². The summed E-state index contributed by atoms with van der Waals surface area (Å²) >= 11 is 0. The van der Waals surface area contributed by atoms with E-state index in [4.69, 9.17) is 4.74 Å². The third-order valence-electron chi connectivity index (χ3n) is 5.40. The maximum Gasteiger partial charge on any atom is 0.242 e. The highest BCUT2D eigenvalue weighted by atomic mass is 32.2. The molecule has 0 radical (unpaired) electrons. The molecule has 3 rings (SSSR count). The molecule has 0 unspecified atom stereocenters. The van der Waals surface area contributed by atoms with Crippen LogP contribution in [0.5, 0.6) is 5.75 Å². The first kappa shape index (κ1) is 23.2. The minimum absolute atomic E-state index is 0.00864. The minimum Gasteiger partial charge on any atom is -0.492 e. The van der Waals surface area contributed by atoms with Gasteiger partial charge in [0.1, 0.15) is 18.2 Å². The normalized spacial score (nSPS) is 15.7. The summed E-state index contributed by atoms with van der Waals surface area (Å²) in [6.45, 7) is 4.90. The topological polar surface area (TPSA) is 91.8 Å². The van der Waals surface area contributed by atoms with Crippen molar-refractivity contribution in [2.45, 2.75) is 24.7 Å². The second kappa shape index (κ2) is 10.2. The van der Waals surface area contributed by atoms with Crippen LogP contribution in [-0.2, 0) is 14.8 Å². The molecular weight excluding hydrogens is 416 g/mol. The van der Waals surface area contributed by atoms with Gasteiger partial charge >= 0.3 is 0 Å². The molecule has 1 fully saturated rings. The van der Waals surface area contributed by atoms with E-state index in [9.17, 15) is 13.2 Å². The molecule has 0 aliphatic carbocycles. The zero-order valence-corrected chi connectivity index (χ0v) is 19.1. The SMILES string of the molecule is Cc1ccnc(NC(=O)C2CCN(CCOc3ccc(S(=O)(=O)N(C)C)cc3)CC2)c1. The number of benzene rings is 1. The van der Waals surface area contributed by atoms with Crippen LogP contribution in [0, 0.1) is 12.8 Å². The van der Waals surface area contributed by atoms with E-state index in [0.29, 0.717) is 18.2 Å². The third-order valence-corrected chi connectivity index (χ3v) is 7.23. The number of carbonyl (C=O) groups is 1. The smallest absolute Gasteiger partial charge is 0.242 e. The molecule has 0 bridgehead atoms. The number of pyridine rings is 1. The highest BCUT2D eigenvalue weighted by Gasteiger charge is 2.25. The Labute approximate surface area is 184 Å². The summed E-state index contributed by atoms with van der Waals surface area (Å²) in [4.78, 5) is 19.2. The lowest BCUT2D eigenvalue weighted by Crippen LogP contribution is -2.40. The molecule has 0 spiro atoms. The van der Waals surface area contributed by atoms with Crippen molar-refractivity contribution in [3.8, 4) is 5.75 Å². The van der Waals surface area contributed by atoms with Gasteiger partial charge in [-0.15, -0.1) is 0 Å². The number of aromatic nitrogens is 1. The van der Waals surface area contributed by atoms with E-state index in [1.165, 1.54) is 18.4 Å². The Kier molecular flexibility index (Phi) is 7.64. The zero-order valence-electron chi connectivity index (χ0n) is 18.2. The predicted octanol–water partition coefficient (Wildman–Crippen LogP) is 2.37. The van der Waals surface area contributed by atoms with E-state index in [0.717, 1.165) is 38.0 Å². The van der Waals surface area contributed by atoms with Crippen molar-refractivity contribution in [3.05, 3.63) is 48.2 Å². The molecule has 1 aliphatic heterocycles. The summed E-state index contributed by atoms with van der Waals surface area (Å²) in [5.41, 5.74) is 1.06. The van der Waals surface area contributed by atoms with Gasteiger partial charge in [0, 0.05) is 32.8 Å². The van der Waals surface area contributed by atoms with Crippen LogP contribution in [0.2, 0.25) is 0 Å². The monoisotopic (exact) mass is 446 g/mol. The number of hydrogen-bond acceptors (Lipinski definition) is 6. The zero-order chi connectivity index (χ0) is 22.4. The van der Waals surface area contributed by atoms with Gasteiger partial charge in [0.15, 0.2) is 0 Å². The van der Waals surface area contributed by atoms with Gasteiger partial charge < -0.3 is 10.1 Å². The van der Waals surface area contributed by atoms with Gasteiger partial charge in [-0.05, 0) is 74.8 Å². The summed E-state index contributed by atoms with van der Waals surface area (Å²) in [6, 6.07) is 10.2.